The van der Waals surface area contributed by atoms with Crippen LogP contribution in [0.1, 0.15) is 57.6 Å². The first-order chi connectivity index (χ1) is 9.73. The molecule has 1 aliphatic carbocycles. The summed E-state index contributed by atoms with van der Waals surface area (Å²) in [6, 6.07) is 1.69. The SMILES string of the molecule is CCCNC(c1ccncc1F)C1(OCC)CCCC1. The minimum atomic E-state index is -0.272. The molecule has 0 bridgehead atoms. The fraction of sp³-hybridized carbons (Fsp3) is 0.688. The molecule has 0 aliphatic heterocycles. The average molecular weight is 280 g/mol. The van der Waals surface area contributed by atoms with Crippen molar-refractivity contribution in [3.8, 4) is 0 Å². The van der Waals surface area contributed by atoms with Gasteiger partial charge in [-0.05, 0) is 38.8 Å². The molecule has 1 heterocycles. The Labute approximate surface area is 120 Å². The summed E-state index contributed by atoms with van der Waals surface area (Å²) in [6.45, 7) is 5.66. The maximum absolute atomic E-state index is 14.2. The molecule has 112 valence electrons. The first-order valence-electron chi connectivity index (χ1n) is 7.70. The highest BCUT2D eigenvalue weighted by molar-refractivity contribution is 5.22. The van der Waals surface area contributed by atoms with Gasteiger partial charge in [-0.2, -0.15) is 0 Å². The van der Waals surface area contributed by atoms with Crippen LogP contribution in [-0.4, -0.2) is 23.7 Å². The standard InChI is InChI=1S/C16H25FN2O/c1-3-10-19-15(13-7-11-18-12-14(13)17)16(20-4-2)8-5-6-9-16/h7,11-12,15,19H,3-6,8-10H2,1-2H3. The van der Waals surface area contributed by atoms with E-state index in [1.54, 1.807) is 12.3 Å². The van der Waals surface area contributed by atoms with Crippen molar-refractivity contribution < 1.29 is 9.13 Å². The molecule has 1 unspecified atom stereocenters. The minimum absolute atomic E-state index is 0.0899. The lowest BCUT2D eigenvalue weighted by Gasteiger charge is -2.38. The molecule has 0 spiro atoms. The lowest BCUT2D eigenvalue weighted by atomic mass is 9.86. The molecule has 1 fully saturated rings. The van der Waals surface area contributed by atoms with E-state index < -0.39 is 0 Å². The van der Waals surface area contributed by atoms with Gasteiger partial charge in [0.1, 0.15) is 5.82 Å². The van der Waals surface area contributed by atoms with Gasteiger partial charge in [0.25, 0.3) is 0 Å². The molecule has 2 rings (SSSR count). The number of hydrogen-bond donors (Lipinski definition) is 1. The Balaban J connectivity index is 2.33. The fourth-order valence-corrected chi connectivity index (χ4v) is 3.27. The molecule has 3 nitrogen and oxygen atoms in total. The van der Waals surface area contributed by atoms with Gasteiger partial charge in [0.15, 0.2) is 0 Å². The van der Waals surface area contributed by atoms with Crippen molar-refractivity contribution in [3.05, 3.63) is 29.8 Å². The van der Waals surface area contributed by atoms with Crippen LogP contribution in [0.5, 0.6) is 0 Å². The molecule has 4 heteroatoms. The second kappa shape index (κ2) is 7.14. The van der Waals surface area contributed by atoms with Gasteiger partial charge in [0.2, 0.25) is 0 Å². The van der Waals surface area contributed by atoms with E-state index in [9.17, 15) is 4.39 Å². The van der Waals surface area contributed by atoms with Crippen molar-refractivity contribution in [2.75, 3.05) is 13.2 Å². The molecule has 1 saturated carbocycles. The molecule has 1 aromatic rings. The predicted octanol–water partition coefficient (Wildman–Crippen LogP) is 3.61. The van der Waals surface area contributed by atoms with Gasteiger partial charge in [-0.25, -0.2) is 4.39 Å². The highest BCUT2D eigenvalue weighted by Gasteiger charge is 2.43. The molecule has 1 atom stereocenters. The number of halogens is 1. The van der Waals surface area contributed by atoms with Crippen LogP contribution in [0.15, 0.2) is 18.5 Å². The van der Waals surface area contributed by atoms with E-state index in [-0.39, 0.29) is 17.5 Å². The third-order valence-corrected chi connectivity index (χ3v) is 4.12. The Hall–Kier alpha value is -1.00. The zero-order valence-electron chi connectivity index (χ0n) is 12.5. The van der Waals surface area contributed by atoms with Gasteiger partial charge >= 0.3 is 0 Å². The van der Waals surface area contributed by atoms with Crippen molar-refractivity contribution in [2.45, 2.75) is 57.6 Å². The van der Waals surface area contributed by atoms with Gasteiger partial charge in [-0.1, -0.05) is 19.8 Å². The van der Waals surface area contributed by atoms with Crippen molar-refractivity contribution in [3.63, 3.8) is 0 Å². The Kier molecular flexibility index (Phi) is 5.49. The van der Waals surface area contributed by atoms with Crippen LogP contribution >= 0.6 is 0 Å². The molecule has 0 aromatic carbocycles. The number of ether oxygens (including phenoxy) is 1. The smallest absolute Gasteiger partial charge is 0.146 e. The van der Waals surface area contributed by atoms with E-state index in [1.807, 2.05) is 6.92 Å². The summed E-state index contributed by atoms with van der Waals surface area (Å²) < 4.78 is 20.3. The normalized spacial score (nSPS) is 19.1. The molecule has 1 aromatic heterocycles. The number of aromatic nitrogens is 1. The van der Waals surface area contributed by atoms with E-state index in [1.165, 1.54) is 6.20 Å². The Morgan fingerprint density at radius 1 is 1.40 bits per heavy atom. The van der Waals surface area contributed by atoms with E-state index in [0.717, 1.165) is 38.6 Å². The summed E-state index contributed by atoms with van der Waals surface area (Å²) >= 11 is 0. The predicted molar refractivity (Wildman–Crippen MR) is 78.1 cm³/mol. The van der Waals surface area contributed by atoms with Gasteiger partial charge in [0, 0.05) is 18.4 Å². The molecular formula is C16H25FN2O. The lowest BCUT2D eigenvalue weighted by molar-refractivity contribution is -0.0633. The van der Waals surface area contributed by atoms with Crippen LogP contribution in [0.2, 0.25) is 0 Å². The summed E-state index contributed by atoms with van der Waals surface area (Å²) in [7, 11) is 0. The van der Waals surface area contributed by atoms with Crippen LogP contribution in [-0.2, 0) is 4.74 Å². The molecule has 0 saturated heterocycles. The van der Waals surface area contributed by atoms with Crippen LogP contribution in [0.3, 0.4) is 0 Å². The lowest BCUT2D eigenvalue weighted by Crippen LogP contribution is -2.45. The molecule has 1 N–H and O–H groups in total. The second-order valence-corrected chi connectivity index (χ2v) is 5.49. The zero-order chi connectivity index (χ0) is 14.4. The van der Waals surface area contributed by atoms with E-state index in [4.69, 9.17) is 4.74 Å². The van der Waals surface area contributed by atoms with Crippen LogP contribution in [0.4, 0.5) is 4.39 Å². The summed E-state index contributed by atoms with van der Waals surface area (Å²) in [4.78, 5) is 3.86. The Morgan fingerprint density at radius 3 is 2.75 bits per heavy atom. The van der Waals surface area contributed by atoms with E-state index >= 15 is 0 Å². The molecule has 0 radical (unpaired) electrons. The summed E-state index contributed by atoms with van der Waals surface area (Å²) in [5.41, 5.74) is 0.412. The van der Waals surface area contributed by atoms with Crippen LogP contribution in [0.25, 0.3) is 0 Å². The second-order valence-electron chi connectivity index (χ2n) is 5.49. The summed E-state index contributed by atoms with van der Waals surface area (Å²) in [6.07, 6.45) is 8.26. The average Bonchev–Trinajstić information content (AvgIpc) is 2.91. The number of nitrogens with one attached hydrogen (secondary N) is 1. The first kappa shape index (κ1) is 15.4. The number of hydrogen-bond acceptors (Lipinski definition) is 3. The van der Waals surface area contributed by atoms with Gasteiger partial charge in [-0.15, -0.1) is 0 Å². The number of pyridine rings is 1. The zero-order valence-corrected chi connectivity index (χ0v) is 12.5. The maximum atomic E-state index is 14.2. The Morgan fingerprint density at radius 2 is 2.15 bits per heavy atom. The van der Waals surface area contributed by atoms with Gasteiger partial charge in [0.05, 0.1) is 17.8 Å². The third-order valence-electron chi connectivity index (χ3n) is 4.12. The minimum Gasteiger partial charge on any atom is -0.373 e. The summed E-state index contributed by atoms with van der Waals surface area (Å²) in [5.74, 6) is -0.243. The quantitative estimate of drug-likeness (QED) is 0.828. The monoisotopic (exact) mass is 280 g/mol. The van der Waals surface area contributed by atoms with E-state index in [2.05, 4.69) is 17.2 Å². The number of rotatable bonds is 7. The van der Waals surface area contributed by atoms with E-state index in [0.29, 0.717) is 12.2 Å². The van der Waals surface area contributed by atoms with Crippen molar-refractivity contribution in [2.24, 2.45) is 0 Å². The fourth-order valence-electron chi connectivity index (χ4n) is 3.27. The highest BCUT2D eigenvalue weighted by Crippen LogP contribution is 2.43. The van der Waals surface area contributed by atoms with Crippen molar-refractivity contribution in [1.82, 2.24) is 10.3 Å². The molecular weight excluding hydrogens is 255 g/mol. The molecule has 1 aliphatic rings. The first-order valence-corrected chi connectivity index (χ1v) is 7.70. The van der Waals surface area contributed by atoms with Crippen molar-refractivity contribution >= 4 is 0 Å². The van der Waals surface area contributed by atoms with Crippen molar-refractivity contribution in [1.29, 1.82) is 0 Å². The molecule has 20 heavy (non-hydrogen) atoms. The van der Waals surface area contributed by atoms with Crippen LogP contribution < -0.4 is 5.32 Å². The molecule has 0 amide bonds. The van der Waals surface area contributed by atoms with Gasteiger partial charge in [-0.3, -0.25) is 4.98 Å². The maximum Gasteiger partial charge on any atom is 0.146 e. The largest absolute Gasteiger partial charge is 0.373 e. The number of nitrogens with zero attached hydrogens (tertiary/aromatic N) is 1. The van der Waals surface area contributed by atoms with Gasteiger partial charge < -0.3 is 10.1 Å². The highest BCUT2D eigenvalue weighted by atomic mass is 19.1. The third kappa shape index (κ3) is 3.18. The topological polar surface area (TPSA) is 34.2 Å². The Bertz CT molecular complexity index is 419. The van der Waals surface area contributed by atoms with Crippen LogP contribution in [0, 0.1) is 5.82 Å². The summed E-state index contributed by atoms with van der Waals surface area (Å²) in [5, 5.41) is 3.50.